The maximum Gasteiger partial charge on any atom is 0.0725 e. The van der Waals surface area contributed by atoms with Crippen LogP contribution in [0.25, 0.3) is 44.2 Å². The topological polar surface area (TPSA) is 12.0 Å². The van der Waals surface area contributed by atoms with Gasteiger partial charge in [0, 0.05) is 11.4 Å². The molecule has 7 aromatic rings. The van der Waals surface area contributed by atoms with Crippen molar-refractivity contribution in [1.82, 2.24) is 0 Å². The second-order valence-corrected chi connectivity index (χ2v) is 11.4. The quantitative estimate of drug-likeness (QED) is 0.238. The molecule has 196 valence electrons. The van der Waals surface area contributed by atoms with E-state index in [9.17, 15) is 0 Å². The third-order valence-electron chi connectivity index (χ3n) is 9.25. The van der Waals surface area contributed by atoms with Crippen LogP contribution >= 0.6 is 0 Å². The maximum absolute atomic E-state index is 3.69. The van der Waals surface area contributed by atoms with Gasteiger partial charge in [-0.1, -0.05) is 127 Å². The van der Waals surface area contributed by atoms with Gasteiger partial charge in [-0.2, -0.15) is 0 Å². The van der Waals surface area contributed by atoms with Crippen LogP contribution in [0.3, 0.4) is 0 Å². The molecule has 0 atom stereocenters. The Labute approximate surface area is 245 Å². The average Bonchev–Trinajstić information content (AvgIpc) is 3.52. The summed E-state index contributed by atoms with van der Waals surface area (Å²) in [6, 6.07) is 57.8. The first kappa shape index (κ1) is 23.3. The summed E-state index contributed by atoms with van der Waals surface area (Å²) in [6.45, 7) is 0. The van der Waals surface area contributed by atoms with Gasteiger partial charge in [-0.05, 0) is 96.7 Å². The molecule has 1 heteroatoms. The van der Waals surface area contributed by atoms with Crippen LogP contribution in [0.4, 0.5) is 11.4 Å². The number of hydrogen-bond acceptors (Lipinski definition) is 1. The highest BCUT2D eigenvalue weighted by Crippen LogP contribution is 2.62. The molecule has 0 heterocycles. The van der Waals surface area contributed by atoms with Gasteiger partial charge < -0.3 is 5.32 Å². The number of benzene rings is 7. The lowest BCUT2D eigenvalue weighted by Crippen LogP contribution is -2.25. The molecule has 7 aromatic carbocycles. The van der Waals surface area contributed by atoms with Gasteiger partial charge in [-0.15, -0.1) is 0 Å². The molecule has 0 aromatic heterocycles. The third-order valence-corrected chi connectivity index (χ3v) is 9.25. The van der Waals surface area contributed by atoms with E-state index < -0.39 is 0 Å². The fourth-order valence-corrected chi connectivity index (χ4v) is 7.46. The van der Waals surface area contributed by atoms with Crippen LogP contribution < -0.4 is 5.32 Å². The molecular formula is C41H27N. The normalized spacial score (nSPS) is 13.4. The van der Waals surface area contributed by atoms with E-state index in [1.807, 2.05) is 0 Å². The summed E-state index contributed by atoms with van der Waals surface area (Å²) in [5.74, 6) is 0. The van der Waals surface area contributed by atoms with Crippen molar-refractivity contribution in [2.75, 3.05) is 5.32 Å². The monoisotopic (exact) mass is 533 g/mol. The SMILES string of the molecule is c1ccc2c(c1)-c1ccccc1C21c2ccccc2-c2cc(Nc3ccc(-c4ccc5ccccc5c4)cc3)ccc21. The summed E-state index contributed by atoms with van der Waals surface area (Å²) in [5.41, 5.74) is 15.1. The zero-order valence-electron chi connectivity index (χ0n) is 23.0. The largest absolute Gasteiger partial charge is 0.356 e. The van der Waals surface area contributed by atoms with Crippen molar-refractivity contribution in [3.05, 3.63) is 180 Å². The predicted octanol–water partition coefficient (Wildman–Crippen LogP) is 10.6. The van der Waals surface area contributed by atoms with Crippen molar-refractivity contribution in [3.63, 3.8) is 0 Å². The highest BCUT2D eigenvalue weighted by molar-refractivity contribution is 5.96. The Morgan fingerprint density at radius 3 is 1.50 bits per heavy atom. The van der Waals surface area contributed by atoms with Crippen LogP contribution in [0.2, 0.25) is 0 Å². The molecule has 0 bridgehead atoms. The predicted molar refractivity (Wildman–Crippen MR) is 175 cm³/mol. The third kappa shape index (κ3) is 3.19. The first-order valence-electron chi connectivity index (χ1n) is 14.6. The van der Waals surface area contributed by atoms with Crippen molar-refractivity contribution >= 4 is 22.1 Å². The molecule has 0 radical (unpaired) electrons. The molecule has 0 aliphatic heterocycles. The molecular weight excluding hydrogens is 506 g/mol. The molecule has 1 spiro atoms. The van der Waals surface area contributed by atoms with E-state index in [1.165, 1.54) is 66.4 Å². The van der Waals surface area contributed by atoms with E-state index in [4.69, 9.17) is 0 Å². The smallest absolute Gasteiger partial charge is 0.0725 e. The Kier molecular flexibility index (Phi) is 4.88. The lowest BCUT2D eigenvalue weighted by molar-refractivity contribution is 0.794. The van der Waals surface area contributed by atoms with Gasteiger partial charge in [0.05, 0.1) is 5.41 Å². The molecule has 0 saturated heterocycles. The van der Waals surface area contributed by atoms with E-state index in [0.717, 1.165) is 11.4 Å². The molecule has 0 amide bonds. The van der Waals surface area contributed by atoms with Crippen molar-refractivity contribution in [3.8, 4) is 33.4 Å². The zero-order chi connectivity index (χ0) is 27.7. The Hall–Kier alpha value is -5.40. The van der Waals surface area contributed by atoms with E-state index in [1.54, 1.807) is 0 Å². The zero-order valence-corrected chi connectivity index (χ0v) is 23.0. The van der Waals surface area contributed by atoms with Gasteiger partial charge in [-0.25, -0.2) is 0 Å². The van der Waals surface area contributed by atoms with E-state index in [2.05, 4.69) is 163 Å². The van der Waals surface area contributed by atoms with Gasteiger partial charge in [0.15, 0.2) is 0 Å². The van der Waals surface area contributed by atoms with Crippen LogP contribution in [-0.2, 0) is 5.41 Å². The molecule has 0 fully saturated rings. The van der Waals surface area contributed by atoms with Crippen LogP contribution in [0.1, 0.15) is 22.3 Å². The fourth-order valence-electron chi connectivity index (χ4n) is 7.46. The Bertz CT molecular complexity index is 2120. The second kappa shape index (κ2) is 8.80. The van der Waals surface area contributed by atoms with E-state index in [-0.39, 0.29) is 5.41 Å². The van der Waals surface area contributed by atoms with E-state index >= 15 is 0 Å². The average molecular weight is 534 g/mol. The van der Waals surface area contributed by atoms with Gasteiger partial charge in [0.25, 0.3) is 0 Å². The molecule has 2 aliphatic carbocycles. The molecule has 9 rings (SSSR count). The molecule has 42 heavy (non-hydrogen) atoms. The lowest BCUT2D eigenvalue weighted by Gasteiger charge is -2.30. The Morgan fingerprint density at radius 2 is 0.833 bits per heavy atom. The Balaban J connectivity index is 1.12. The summed E-state index contributed by atoms with van der Waals surface area (Å²) in [7, 11) is 0. The molecule has 1 nitrogen and oxygen atoms in total. The van der Waals surface area contributed by atoms with Crippen LogP contribution in [-0.4, -0.2) is 0 Å². The number of hydrogen-bond donors (Lipinski definition) is 1. The minimum absolute atomic E-state index is 0.293. The fraction of sp³-hybridized carbons (Fsp3) is 0.0244. The number of rotatable bonds is 3. The van der Waals surface area contributed by atoms with Crippen LogP contribution in [0, 0.1) is 0 Å². The first-order valence-corrected chi connectivity index (χ1v) is 14.6. The minimum Gasteiger partial charge on any atom is -0.356 e. The molecule has 0 unspecified atom stereocenters. The first-order chi connectivity index (χ1) is 20.8. The number of nitrogens with one attached hydrogen (secondary N) is 1. The summed E-state index contributed by atoms with van der Waals surface area (Å²) in [6.07, 6.45) is 0. The molecule has 1 N–H and O–H groups in total. The minimum atomic E-state index is -0.293. The van der Waals surface area contributed by atoms with Crippen LogP contribution in [0.5, 0.6) is 0 Å². The molecule has 0 saturated carbocycles. The second-order valence-electron chi connectivity index (χ2n) is 11.4. The number of fused-ring (bicyclic) bond motifs is 11. The Morgan fingerprint density at radius 1 is 0.333 bits per heavy atom. The summed E-state index contributed by atoms with van der Waals surface area (Å²) < 4.78 is 0. The summed E-state index contributed by atoms with van der Waals surface area (Å²) >= 11 is 0. The van der Waals surface area contributed by atoms with Gasteiger partial charge in [-0.3, -0.25) is 0 Å². The van der Waals surface area contributed by atoms with Gasteiger partial charge in [0.1, 0.15) is 0 Å². The standard InChI is InChI=1S/C41H27N/c1-2-10-29-25-30(18-17-27(29)9-1)28-19-21-31(22-20-28)42-32-23-24-40-36(26-32)35-13-5-8-16-39(35)41(40)37-14-6-3-11-33(37)34-12-4-7-15-38(34)41/h1-26,42H. The van der Waals surface area contributed by atoms with Crippen molar-refractivity contribution in [2.45, 2.75) is 5.41 Å². The van der Waals surface area contributed by atoms with Crippen molar-refractivity contribution < 1.29 is 0 Å². The number of anilines is 2. The van der Waals surface area contributed by atoms with Crippen LogP contribution in [0.15, 0.2) is 158 Å². The lowest BCUT2D eigenvalue weighted by atomic mass is 9.70. The maximum atomic E-state index is 3.69. The highest BCUT2D eigenvalue weighted by Gasteiger charge is 2.51. The van der Waals surface area contributed by atoms with Gasteiger partial charge in [0.2, 0.25) is 0 Å². The highest BCUT2D eigenvalue weighted by atomic mass is 14.9. The van der Waals surface area contributed by atoms with Crippen molar-refractivity contribution in [1.29, 1.82) is 0 Å². The van der Waals surface area contributed by atoms with Crippen molar-refractivity contribution in [2.24, 2.45) is 0 Å². The summed E-state index contributed by atoms with van der Waals surface area (Å²) in [4.78, 5) is 0. The van der Waals surface area contributed by atoms with Gasteiger partial charge >= 0.3 is 0 Å². The molecule has 2 aliphatic rings. The summed E-state index contributed by atoms with van der Waals surface area (Å²) in [5, 5.41) is 6.22. The van der Waals surface area contributed by atoms with E-state index in [0.29, 0.717) is 0 Å².